The van der Waals surface area contributed by atoms with Crippen LogP contribution in [-0.2, 0) is 16.0 Å². The van der Waals surface area contributed by atoms with Crippen molar-refractivity contribution in [2.24, 2.45) is 5.92 Å². The lowest BCUT2D eigenvalue weighted by Crippen LogP contribution is -2.51. The van der Waals surface area contributed by atoms with Crippen molar-refractivity contribution in [3.63, 3.8) is 0 Å². The van der Waals surface area contributed by atoms with Crippen LogP contribution in [0.25, 0.3) is 0 Å². The number of hydrogen-bond acceptors (Lipinski definition) is 3. The summed E-state index contributed by atoms with van der Waals surface area (Å²) in [5, 5.41) is 3.23. The largest absolute Gasteiger partial charge is 0.352 e. The zero-order chi connectivity index (χ0) is 20.2. The maximum absolute atomic E-state index is 13.6. The minimum Gasteiger partial charge on any atom is -0.352 e. The Bertz CT molecular complexity index is 721. The molecule has 0 radical (unpaired) electrons. The molecule has 2 fully saturated rings. The fourth-order valence-electron chi connectivity index (χ4n) is 5.18. The third-order valence-corrected chi connectivity index (χ3v) is 7.03. The zero-order valence-corrected chi connectivity index (χ0v) is 17.7. The highest BCUT2D eigenvalue weighted by molar-refractivity contribution is 5.85. The van der Waals surface area contributed by atoms with E-state index in [1.807, 2.05) is 17.0 Å². The minimum atomic E-state index is -0.328. The molecule has 1 atom stereocenters. The van der Waals surface area contributed by atoms with E-state index in [0.717, 1.165) is 57.3 Å². The van der Waals surface area contributed by atoms with E-state index in [9.17, 15) is 9.59 Å². The Morgan fingerprint density at radius 3 is 2.48 bits per heavy atom. The quantitative estimate of drug-likeness (QED) is 0.848. The third-order valence-electron chi connectivity index (χ3n) is 7.03. The van der Waals surface area contributed by atoms with Crippen LogP contribution in [0.2, 0.25) is 0 Å². The lowest BCUT2D eigenvalue weighted by Gasteiger charge is -2.40. The van der Waals surface area contributed by atoms with Crippen LogP contribution < -0.4 is 5.32 Å². The van der Waals surface area contributed by atoms with Crippen molar-refractivity contribution in [1.82, 2.24) is 15.1 Å². The number of hydrogen-bond donors (Lipinski definition) is 1. The molecule has 1 aromatic rings. The molecule has 1 aromatic carbocycles. The Labute approximate surface area is 174 Å². The van der Waals surface area contributed by atoms with Gasteiger partial charge in [-0.25, -0.2) is 0 Å². The van der Waals surface area contributed by atoms with E-state index in [2.05, 4.69) is 29.3 Å². The van der Waals surface area contributed by atoms with Crippen LogP contribution in [0.15, 0.2) is 24.3 Å². The van der Waals surface area contributed by atoms with E-state index in [1.54, 1.807) is 0 Å². The van der Waals surface area contributed by atoms with Gasteiger partial charge in [-0.05, 0) is 49.1 Å². The summed E-state index contributed by atoms with van der Waals surface area (Å²) in [7, 11) is 0. The highest BCUT2D eigenvalue weighted by atomic mass is 16.2. The van der Waals surface area contributed by atoms with Gasteiger partial charge in [0.15, 0.2) is 0 Å². The molecule has 1 unspecified atom stereocenters. The fraction of sp³-hybridized carbons (Fsp3) is 0.667. The minimum absolute atomic E-state index is 0.0707. The normalized spacial score (nSPS) is 24.2. The van der Waals surface area contributed by atoms with Crippen molar-refractivity contribution in [2.45, 2.75) is 70.4 Å². The Kier molecular flexibility index (Phi) is 6.53. The molecule has 5 nitrogen and oxygen atoms in total. The summed E-state index contributed by atoms with van der Waals surface area (Å²) >= 11 is 0. The monoisotopic (exact) mass is 397 g/mol. The lowest BCUT2D eigenvalue weighted by atomic mass is 9.90. The van der Waals surface area contributed by atoms with Crippen molar-refractivity contribution < 1.29 is 9.59 Å². The Hall–Kier alpha value is -1.88. The van der Waals surface area contributed by atoms with Crippen LogP contribution in [0.5, 0.6) is 0 Å². The van der Waals surface area contributed by atoms with Crippen molar-refractivity contribution in [3.8, 4) is 0 Å². The van der Waals surface area contributed by atoms with Gasteiger partial charge in [0.1, 0.15) is 6.04 Å². The summed E-state index contributed by atoms with van der Waals surface area (Å²) in [6.07, 6.45) is 8.90. The van der Waals surface area contributed by atoms with E-state index in [4.69, 9.17) is 0 Å². The summed E-state index contributed by atoms with van der Waals surface area (Å²) in [6, 6.07) is 8.26. The van der Waals surface area contributed by atoms with Gasteiger partial charge in [0.05, 0.1) is 6.54 Å². The molecule has 158 valence electrons. The average molecular weight is 398 g/mol. The first-order chi connectivity index (χ1) is 14.1. The van der Waals surface area contributed by atoms with Crippen LogP contribution in [0.4, 0.5) is 0 Å². The van der Waals surface area contributed by atoms with Crippen molar-refractivity contribution in [3.05, 3.63) is 35.4 Å². The van der Waals surface area contributed by atoms with Crippen LogP contribution in [0.3, 0.4) is 0 Å². The summed E-state index contributed by atoms with van der Waals surface area (Å²) in [5.74, 6) is 0.936. The molecule has 3 aliphatic rings. The predicted molar refractivity (Wildman–Crippen MR) is 114 cm³/mol. The molecule has 2 amide bonds. The predicted octanol–water partition coefficient (Wildman–Crippen LogP) is 3.29. The Morgan fingerprint density at radius 1 is 1.00 bits per heavy atom. The summed E-state index contributed by atoms with van der Waals surface area (Å²) in [4.78, 5) is 30.5. The molecule has 1 N–H and O–H groups in total. The molecule has 4 rings (SSSR count). The molecule has 5 heteroatoms. The smallest absolute Gasteiger partial charge is 0.244 e. The van der Waals surface area contributed by atoms with Crippen molar-refractivity contribution in [1.29, 1.82) is 0 Å². The number of carbonyl (C=O) groups is 2. The second kappa shape index (κ2) is 9.29. The number of nitrogens with zero attached hydrogens (tertiary/aromatic N) is 2. The lowest BCUT2D eigenvalue weighted by molar-refractivity contribution is -0.140. The average Bonchev–Trinajstić information content (AvgIpc) is 2.74. The van der Waals surface area contributed by atoms with Crippen LogP contribution in [0, 0.1) is 5.92 Å². The molecular weight excluding hydrogens is 362 g/mol. The van der Waals surface area contributed by atoms with Gasteiger partial charge in [-0.15, -0.1) is 0 Å². The van der Waals surface area contributed by atoms with Crippen molar-refractivity contribution in [2.75, 3.05) is 26.2 Å². The maximum atomic E-state index is 13.6. The number of nitrogens with one attached hydrogen (secondary N) is 1. The van der Waals surface area contributed by atoms with Crippen LogP contribution >= 0.6 is 0 Å². The van der Waals surface area contributed by atoms with Crippen LogP contribution in [0.1, 0.15) is 69.0 Å². The standard InChI is InChI=1S/C24H35N3O2/c1-18-11-14-26(15-12-18)24(29)23-21-10-6-5-7-19(21)13-16-27(23)17-22(28)25-20-8-3-2-4-9-20/h5-7,10,18,20,23H,2-4,8-9,11-17H2,1H3,(H,25,28). The van der Waals surface area contributed by atoms with Crippen molar-refractivity contribution >= 4 is 11.8 Å². The molecule has 0 aromatic heterocycles. The molecule has 0 spiro atoms. The Morgan fingerprint density at radius 2 is 1.72 bits per heavy atom. The van der Waals surface area contributed by atoms with E-state index in [0.29, 0.717) is 18.5 Å². The topological polar surface area (TPSA) is 52.7 Å². The summed E-state index contributed by atoms with van der Waals surface area (Å²) < 4.78 is 0. The summed E-state index contributed by atoms with van der Waals surface area (Å²) in [5.41, 5.74) is 2.34. The van der Waals surface area contributed by atoms with Gasteiger partial charge in [0, 0.05) is 25.7 Å². The molecule has 2 heterocycles. The third kappa shape index (κ3) is 4.82. The molecule has 0 bridgehead atoms. The number of benzene rings is 1. The van der Waals surface area contributed by atoms with E-state index < -0.39 is 0 Å². The number of likely N-dealkylation sites (tertiary alicyclic amines) is 1. The van der Waals surface area contributed by atoms with E-state index in [-0.39, 0.29) is 17.9 Å². The molecular formula is C24H35N3O2. The summed E-state index contributed by atoms with van der Waals surface area (Å²) in [6.45, 7) is 5.00. The zero-order valence-electron chi connectivity index (χ0n) is 17.7. The number of fused-ring (bicyclic) bond motifs is 1. The van der Waals surface area contributed by atoms with Gasteiger partial charge in [-0.3, -0.25) is 14.5 Å². The molecule has 29 heavy (non-hydrogen) atoms. The highest BCUT2D eigenvalue weighted by Crippen LogP contribution is 2.32. The molecule has 1 saturated carbocycles. The van der Waals surface area contributed by atoms with Gasteiger partial charge < -0.3 is 10.2 Å². The molecule has 1 aliphatic carbocycles. The SMILES string of the molecule is CC1CCN(C(=O)C2c3ccccc3CCN2CC(=O)NC2CCCCC2)CC1. The van der Waals surface area contributed by atoms with Gasteiger partial charge in [-0.1, -0.05) is 50.5 Å². The van der Waals surface area contributed by atoms with Gasteiger partial charge in [0.2, 0.25) is 11.8 Å². The van der Waals surface area contributed by atoms with Gasteiger partial charge >= 0.3 is 0 Å². The number of carbonyl (C=O) groups excluding carboxylic acids is 2. The second-order valence-electron chi connectivity index (χ2n) is 9.23. The first kappa shape index (κ1) is 20.4. The first-order valence-corrected chi connectivity index (χ1v) is 11.5. The second-order valence-corrected chi connectivity index (χ2v) is 9.23. The van der Waals surface area contributed by atoms with Crippen LogP contribution in [-0.4, -0.2) is 53.8 Å². The maximum Gasteiger partial charge on any atom is 0.244 e. The number of rotatable bonds is 4. The highest BCUT2D eigenvalue weighted by Gasteiger charge is 2.37. The Balaban J connectivity index is 1.49. The van der Waals surface area contributed by atoms with E-state index in [1.165, 1.54) is 24.8 Å². The molecule has 1 saturated heterocycles. The number of piperidine rings is 1. The van der Waals surface area contributed by atoms with Gasteiger partial charge in [-0.2, -0.15) is 0 Å². The van der Waals surface area contributed by atoms with E-state index >= 15 is 0 Å². The number of amides is 2. The first-order valence-electron chi connectivity index (χ1n) is 11.5. The fourth-order valence-corrected chi connectivity index (χ4v) is 5.18. The molecule has 2 aliphatic heterocycles. The van der Waals surface area contributed by atoms with Gasteiger partial charge in [0.25, 0.3) is 0 Å².